The Morgan fingerprint density at radius 3 is 2.06 bits per heavy atom. The minimum absolute atomic E-state index is 0.201. The molecule has 0 bridgehead atoms. The molecule has 0 aromatic carbocycles. The van der Waals surface area contributed by atoms with Crippen molar-refractivity contribution >= 4 is 11.8 Å². The quantitative estimate of drug-likeness (QED) is 0.705. The number of halogens is 3. The van der Waals surface area contributed by atoms with Gasteiger partial charge in [0.2, 0.25) is 5.91 Å². The summed E-state index contributed by atoms with van der Waals surface area (Å²) < 4.78 is 36.4. The van der Waals surface area contributed by atoms with Crippen LogP contribution in [0.5, 0.6) is 0 Å². The van der Waals surface area contributed by atoms with Gasteiger partial charge in [-0.3, -0.25) is 9.59 Å². The minimum atomic E-state index is -5.10. The van der Waals surface area contributed by atoms with Crippen molar-refractivity contribution < 1.29 is 27.9 Å². The van der Waals surface area contributed by atoms with Crippen LogP contribution >= 0.6 is 0 Å². The maximum Gasteiger partial charge on any atom is 0.471 e. The van der Waals surface area contributed by atoms with E-state index < -0.39 is 36.7 Å². The van der Waals surface area contributed by atoms with E-state index in [1.54, 1.807) is 0 Å². The van der Waals surface area contributed by atoms with Gasteiger partial charge in [-0.05, 0) is 13.8 Å². The predicted octanol–water partition coefficient (Wildman–Crippen LogP) is -0.368. The lowest BCUT2D eigenvalue weighted by atomic mass is 10.2. The van der Waals surface area contributed by atoms with E-state index >= 15 is 0 Å². The van der Waals surface area contributed by atoms with Crippen molar-refractivity contribution in [2.24, 2.45) is 5.73 Å². The number of hydrogen-bond acceptors (Lipinski definition) is 3. The summed E-state index contributed by atoms with van der Waals surface area (Å²) in [6.07, 6.45) is -6.29. The van der Waals surface area contributed by atoms with Gasteiger partial charge in [-0.2, -0.15) is 13.2 Å². The molecule has 0 aromatic rings. The van der Waals surface area contributed by atoms with Gasteiger partial charge in [-0.15, -0.1) is 0 Å². The molecule has 3 N–H and O–H groups in total. The number of rotatable bonds is 4. The van der Waals surface area contributed by atoms with Gasteiger partial charge in [0, 0.05) is 6.54 Å². The molecular weight excluding hydrogens is 229 g/mol. The van der Waals surface area contributed by atoms with Gasteiger partial charge < -0.3 is 15.7 Å². The third kappa shape index (κ3) is 4.05. The van der Waals surface area contributed by atoms with E-state index in [0.717, 1.165) is 6.92 Å². The first-order valence-corrected chi connectivity index (χ1v) is 4.42. The second-order valence-corrected chi connectivity index (χ2v) is 3.38. The van der Waals surface area contributed by atoms with Gasteiger partial charge in [-0.25, -0.2) is 0 Å². The van der Waals surface area contributed by atoms with Gasteiger partial charge >= 0.3 is 12.1 Å². The number of aliphatic hydroxyl groups is 1. The molecule has 2 unspecified atom stereocenters. The molecule has 0 saturated carbocycles. The first kappa shape index (κ1) is 14.7. The third-order valence-corrected chi connectivity index (χ3v) is 1.84. The molecule has 16 heavy (non-hydrogen) atoms. The van der Waals surface area contributed by atoms with E-state index in [4.69, 9.17) is 10.8 Å². The number of nitrogens with zero attached hydrogens (tertiary/aromatic N) is 1. The van der Waals surface area contributed by atoms with E-state index in [-0.39, 0.29) is 4.90 Å². The Labute approximate surface area is 90.0 Å². The molecule has 2 amide bonds. The van der Waals surface area contributed by atoms with E-state index in [2.05, 4.69) is 0 Å². The van der Waals surface area contributed by atoms with E-state index in [9.17, 15) is 22.8 Å². The predicted molar refractivity (Wildman–Crippen MR) is 48.1 cm³/mol. The summed E-state index contributed by atoms with van der Waals surface area (Å²) in [5, 5.41) is 8.95. The molecule has 0 aliphatic carbocycles. The molecular formula is C8H13F3N2O3. The van der Waals surface area contributed by atoms with E-state index in [1.165, 1.54) is 6.92 Å². The fourth-order valence-corrected chi connectivity index (χ4v) is 1.02. The summed E-state index contributed by atoms with van der Waals surface area (Å²) in [5.74, 6) is -3.27. The monoisotopic (exact) mass is 242 g/mol. The number of hydrogen-bond donors (Lipinski definition) is 2. The molecule has 2 atom stereocenters. The lowest BCUT2D eigenvalue weighted by Crippen LogP contribution is -2.53. The summed E-state index contributed by atoms with van der Waals surface area (Å²) in [6, 6.07) is -1.43. The molecule has 0 aromatic heterocycles. The summed E-state index contributed by atoms with van der Waals surface area (Å²) in [4.78, 5) is 21.9. The molecule has 94 valence electrons. The lowest BCUT2D eigenvalue weighted by molar-refractivity contribution is -0.189. The maximum atomic E-state index is 12.1. The molecule has 5 nitrogen and oxygen atoms in total. The van der Waals surface area contributed by atoms with Gasteiger partial charge in [0.25, 0.3) is 0 Å². The Hall–Kier alpha value is -1.31. The first-order valence-electron chi connectivity index (χ1n) is 4.42. The molecule has 0 fully saturated rings. The van der Waals surface area contributed by atoms with Crippen molar-refractivity contribution in [2.75, 3.05) is 6.54 Å². The van der Waals surface area contributed by atoms with Crippen molar-refractivity contribution in [1.82, 2.24) is 4.90 Å². The Bertz CT molecular complexity index is 278. The average molecular weight is 242 g/mol. The number of nitrogens with two attached hydrogens (primary N) is 1. The molecule has 0 aliphatic rings. The molecule has 0 aliphatic heterocycles. The molecule has 0 saturated heterocycles. The zero-order chi connectivity index (χ0) is 13.1. The third-order valence-electron chi connectivity index (χ3n) is 1.84. The van der Waals surface area contributed by atoms with Gasteiger partial charge in [0.1, 0.15) is 6.04 Å². The second kappa shape index (κ2) is 5.15. The molecule has 0 heterocycles. The first-order chi connectivity index (χ1) is 7.07. The summed E-state index contributed by atoms with van der Waals surface area (Å²) in [5.41, 5.74) is 4.81. The Morgan fingerprint density at radius 2 is 1.81 bits per heavy atom. The largest absolute Gasteiger partial charge is 0.471 e. The number of carbonyl (C=O) groups excluding carboxylic acids is 2. The Balaban J connectivity index is 4.95. The smallest absolute Gasteiger partial charge is 0.392 e. The van der Waals surface area contributed by atoms with Crippen LogP contribution in [0.1, 0.15) is 13.8 Å². The van der Waals surface area contributed by atoms with Gasteiger partial charge in [0.05, 0.1) is 6.10 Å². The lowest BCUT2D eigenvalue weighted by Gasteiger charge is -2.28. The SMILES string of the molecule is CC(O)CN(C(=O)C(F)(F)F)C(C)C(N)=O. The van der Waals surface area contributed by atoms with Crippen LogP contribution in [0, 0.1) is 0 Å². The Kier molecular flexibility index (Phi) is 4.73. The van der Waals surface area contributed by atoms with Crippen molar-refractivity contribution in [3.63, 3.8) is 0 Å². The highest BCUT2D eigenvalue weighted by Crippen LogP contribution is 2.20. The normalized spacial score (nSPS) is 15.4. The standard InChI is InChI=1S/C8H13F3N2O3/c1-4(14)3-13(5(2)6(12)15)7(16)8(9,10)11/h4-5,14H,3H2,1-2H3,(H2,12,15). The maximum absolute atomic E-state index is 12.1. The highest BCUT2D eigenvalue weighted by molar-refractivity contribution is 5.88. The van der Waals surface area contributed by atoms with Gasteiger partial charge in [-0.1, -0.05) is 0 Å². The van der Waals surface area contributed by atoms with Crippen molar-refractivity contribution in [2.45, 2.75) is 32.2 Å². The summed E-state index contributed by atoms with van der Waals surface area (Å²) in [7, 11) is 0. The molecule has 0 rings (SSSR count). The minimum Gasteiger partial charge on any atom is -0.392 e. The number of primary amides is 1. The van der Waals surface area contributed by atoms with Crippen molar-refractivity contribution in [3.05, 3.63) is 0 Å². The van der Waals surface area contributed by atoms with Crippen LogP contribution in [-0.2, 0) is 9.59 Å². The number of alkyl halides is 3. The summed E-state index contributed by atoms with van der Waals surface area (Å²) >= 11 is 0. The van der Waals surface area contributed by atoms with Crippen LogP contribution in [-0.4, -0.2) is 46.7 Å². The molecule has 0 radical (unpaired) electrons. The van der Waals surface area contributed by atoms with E-state index in [1.807, 2.05) is 0 Å². The second-order valence-electron chi connectivity index (χ2n) is 3.38. The highest BCUT2D eigenvalue weighted by Gasteiger charge is 2.45. The fourth-order valence-electron chi connectivity index (χ4n) is 1.02. The number of aliphatic hydroxyl groups excluding tert-OH is 1. The molecule has 8 heteroatoms. The Morgan fingerprint density at radius 1 is 1.38 bits per heavy atom. The van der Waals surface area contributed by atoms with Crippen LogP contribution in [0.25, 0.3) is 0 Å². The zero-order valence-electron chi connectivity index (χ0n) is 8.78. The van der Waals surface area contributed by atoms with E-state index in [0.29, 0.717) is 0 Å². The number of carbonyl (C=O) groups is 2. The van der Waals surface area contributed by atoms with Crippen LogP contribution < -0.4 is 5.73 Å². The summed E-state index contributed by atoms with van der Waals surface area (Å²) in [6.45, 7) is 1.65. The van der Waals surface area contributed by atoms with Crippen LogP contribution in [0.3, 0.4) is 0 Å². The molecule has 0 spiro atoms. The van der Waals surface area contributed by atoms with Crippen LogP contribution in [0.2, 0.25) is 0 Å². The number of amides is 2. The van der Waals surface area contributed by atoms with Gasteiger partial charge in [0.15, 0.2) is 0 Å². The van der Waals surface area contributed by atoms with Crippen molar-refractivity contribution in [3.8, 4) is 0 Å². The topological polar surface area (TPSA) is 83.6 Å². The average Bonchev–Trinajstić information content (AvgIpc) is 2.09. The van der Waals surface area contributed by atoms with Crippen LogP contribution in [0.15, 0.2) is 0 Å². The van der Waals surface area contributed by atoms with Crippen molar-refractivity contribution in [1.29, 1.82) is 0 Å². The zero-order valence-corrected chi connectivity index (χ0v) is 8.78. The van der Waals surface area contributed by atoms with Crippen LogP contribution in [0.4, 0.5) is 13.2 Å². The fraction of sp³-hybridized carbons (Fsp3) is 0.750. The highest BCUT2D eigenvalue weighted by atomic mass is 19.4.